The molecule has 0 radical (unpaired) electrons. The molecule has 1 fully saturated rings. The number of nitrogens with two attached hydrogens (primary N) is 6. The molecular formula is C33H64N12O6. The quantitative estimate of drug-likeness (QED) is 0.0259. The molecule has 18 heteroatoms. The number of guanidine groups is 2. The van der Waals surface area contributed by atoms with E-state index in [9.17, 15) is 29.1 Å². The Kier molecular flexibility index (Phi) is 23.4. The number of likely N-dealkylation sites (tertiary alicyclic amines) is 1. The van der Waals surface area contributed by atoms with E-state index in [0.29, 0.717) is 64.6 Å². The van der Waals surface area contributed by atoms with Gasteiger partial charge in [0.05, 0.1) is 6.04 Å². The summed E-state index contributed by atoms with van der Waals surface area (Å²) in [5.74, 6) is -2.78. The number of hydrogen-bond donors (Lipinski definition) is 10. The number of rotatable bonds is 28. The minimum atomic E-state index is -1.24. The van der Waals surface area contributed by atoms with Gasteiger partial charge in [0.25, 0.3) is 0 Å². The van der Waals surface area contributed by atoms with Crippen LogP contribution in [0, 0.1) is 0 Å². The molecule has 16 N–H and O–H groups in total. The third kappa shape index (κ3) is 20.3. The van der Waals surface area contributed by atoms with Crippen LogP contribution in [0.3, 0.4) is 0 Å². The third-order valence-corrected chi connectivity index (χ3v) is 8.67. The molecule has 1 saturated heterocycles. The number of aliphatic imine (C=N–C) groups is 2. The molecule has 292 valence electrons. The lowest BCUT2D eigenvalue weighted by Gasteiger charge is -2.28. The van der Waals surface area contributed by atoms with Gasteiger partial charge in [-0.2, -0.15) is 0 Å². The average Bonchev–Trinajstić information content (AvgIpc) is 3.57. The molecule has 0 bridgehead atoms. The topological polar surface area (TPSA) is 326 Å². The first kappa shape index (κ1) is 44.8. The van der Waals surface area contributed by atoms with Crippen LogP contribution in [0.4, 0.5) is 0 Å². The number of unbranched alkanes of at least 4 members (excludes halogenated alkanes) is 8. The molecule has 0 aromatic carbocycles. The van der Waals surface area contributed by atoms with Gasteiger partial charge in [0.1, 0.15) is 18.1 Å². The highest BCUT2D eigenvalue weighted by atomic mass is 16.4. The molecule has 4 amide bonds. The molecule has 0 aliphatic carbocycles. The van der Waals surface area contributed by atoms with Crippen molar-refractivity contribution >= 4 is 41.5 Å². The number of carboxylic acid groups (broad SMARTS) is 1. The maximum absolute atomic E-state index is 13.3. The number of carbonyl (C=O) groups excluding carboxylic acids is 4. The lowest BCUT2D eigenvalue weighted by molar-refractivity contribution is -0.143. The number of aliphatic carboxylic acids is 1. The molecule has 4 atom stereocenters. The lowest BCUT2D eigenvalue weighted by Crippen LogP contribution is -2.57. The van der Waals surface area contributed by atoms with Crippen LogP contribution in [0.5, 0.6) is 0 Å². The number of nitrogens with one attached hydrogen (secondary N) is 3. The van der Waals surface area contributed by atoms with Gasteiger partial charge >= 0.3 is 5.97 Å². The molecule has 18 nitrogen and oxygen atoms in total. The molecular weight excluding hydrogens is 660 g/mol. The van der Waals surface area contributed by atoms with Gasteiger partial charge in [0.15, 0.2) is 11.9 Å². The standard InChI is InChI=1S/C33H64N12O6/c34-18-17-24(28(47)44-25(31(50)51)14-11-21-42-33(38)39)43-29(48)26-15-12-22-45(26)30(49)23(35)13-8-10-19-40-27(46)16-7-5-3-1-2-4-6-9-20-41-32(36)37/h23-26H,1-22,34-35H2,(H,40,46)(H,43,48)(H,44,47)(H,50,51)(H4,36,37,41)(H4,38,39,42)/t23-,24-,25-,26-/m0/s1. The van der Waals surface area contributed by atoms with Crippen LogP contribution < -0.4 is 50.4 Å². The Hall–Kier alpha value is -4.19. The smallest absolute Gasteiger partial charge is 0.326 e. The van der Waals surface area contributed by atoms with Crippen LogP contribution >= 0.6 is 0 Å². The summed E-state index contributed by atoms with van der Waals surface area (Å²) >= 11 is 0. The lowest BCUT2D eigenvalue weighted by atomic mass is 10.1. The highest BCUT2D eigenvalue weighted by molar-refractivity contribution is 5.94. The summed E-state index contributed by atoms with van der Waals surface area (Å²) in [4.78, 5) is 72.6. The van der Waals surface area contributed by atoms with Crippen LogP contribution in [0.25, 0.3) is 0 Å². The minimum Gasteiger partial charge on any atom is -0.480 e. The average molecular weight is 725 g/mol. The van der Waals surface area contributed by atoms with E-state index in [1.165, 1.54) is 11.3 Å². The van der Waals surface area contributed by atoms with E-state index in [2.05, 4.69) is 25.9 Å². The Balaban J connectivity index is 2.38. The summed E-state index contributed by atoms with van der Waals surface area (Å²) in [5, 5.41) is 17.6. The van der Waals surface area contributed by atoms with E-state index in [1.807, 2.05) is 0 Å². The maximum atomic E-state index is 13.3. The van der Waals surface area contributed by atoms with Crippen molar-refractivity contribution in [2.75, 3.05) is 32.7 Å². The normalized spacial score (nSPS) is 15.6. The zero-order valence-corrected chi connectivity index (χ0v) is 30.2. The van der Waals surface area contributed by atoms with Crippen molar-refractivity contribution in [1.82, 2.24) is 20.9 Å². The van der Waals surface area contributed by atoms with Gasteiger partial charge in [-0.3, -0.25) is 29.2 Å². The van der Waals surface area contributed by atoms with Crippen molar-refractivity contribution in [2.45, 2.75) is 133 Å². The molecule has 0 unspecified atom stereocenters. The molecule has 1 aliphatic heterocycles. The van der Waals surface area contributed by atoms with Gasteiger partial charge in [-0.15, -0.1) is 0 Å². The zero-order chi connectivity index (χ0) is 38.0. The number of hydrogen-bond acceptors (Lipinski definition) is 9. The molecule has 51 heavy (non-hydrogen) atoms. The van der Waals surface area contributed by atoms with Gasteiger partial charge < -0.3 is 60.4 Å². The second-order valence-corrected chi connectivity index (χ2v) is 13.0. The van der Waals surface area contributed by atoms with E-state index in [4.69, 9.17) is 34.4 Å². The Bertz CT molecular complexity index is 1130. The number of nitrogens with zero attached hydrogens (tertiary/aromatic N) is 3. The fourth-order valence-corrected chi connectivity index (χ4v) is 5.85. The first-order chi connectivity index (χ1) is 24.4. The SMILES string of the molecule is NCC[C@H](NC(=O)[C@@H]1CCCN1C(=O)[C@@H](N)CCCCNC(=O)CCCCCCCCCCN=C(N)N)C(=O)N[C@@H](CCCN=C(N)N)C(=O)O. The van der Waals surface area contributed by atoms with E-state index in [1.54, 1.807) is 0 Å². The molecule has 0 saturated carbocycles. The molecule has 1 aliphatic rings. The van der Waals surface area contributed by atoms with Crippen molar-refractivity contribution in [3.63, 3.8) is 0 Å². The molecule has 0 aromatic heterocycles. The minimum absolute atomic E-state index is 0.0176. The van der Waals surface area contributed by atoms with Gasteiger partial charge in [0, 0.05) is 32.6 Å². The number of carbonyl (C=O) groups is 5. The Morgan fingerprint density at radius 1 is 0.745 bits per heavy atom. The monoisotopic (exact) mass is 725 g/mol. The molecule has 1 rings (SSSR count). The van der Waals surface area contributed by atoms with Gasteiger partial charge in [0.2, 0.25) is 23.6 Å². The highest BCUT2D eigenvalue weighted by Crippen LogP contribution is 2.20. The van der Waals surface area contributed by atoms with Crippen LogP contribution in [0.2, 0.25) is 0 Å². The van der Waals surface area contributed by atoms with Gasteiger partial charge in [-0.05, 0) is 70.8 Å². The summed E-state index contributed by atoms with van der Waals surface area (Å²) in [5.41, 5.74) is 33.1. The number of amides is 4. The Morgan fingerprint density at radius 3 is 1.96 bits per heavy atom. The van der Waals surface area contributed by atoms with Crippen molar-refractivity contribution in [3.05, 3.63) is 0 Å². The van der Waals surface area contributed by atoms with Gasteiger partial charge in [-0.25, -0.2) is 4.79 Å². The maximum Gasteiger partial charge on any atom is 0.326 e. The van der Waals surface area contributed by atoms with Crippen molar-refractivity contribution < 1.29 is 29.1 Å². The van der Waals surface area contributed by atoms with E-state index in [-0.39, 0.29) is 49.7 Å². The summed E-state index contributed by atoms with van der Waals surface area (Å²) in [6.45, 7) is 1.78. The van der Waals surface area contributed by atoms with Crippen LogP contribution in [0.1, 0.15) is 109 Å². The van der Waals surface area contributed by atoms with E-state index >= 15 is 0 Å². The van der Waals surface area contributed by atoms with Crippen LogP contribution in [-0.4, -0.2) is 108 Å². The molecule has 0 aromatic rings. The zero-order valence-electron chi connectivity index (χ0n) is 30.2. The predicted molar refractivity (Wildman–Crippen MR) is 197 cm³/mol. The van der Waals surface area contributed by atoms with Crippen molar-refractivity contribution in [3.8, 4) is 0 Å². The molecule has 1 heterocycles. The van der Waals surface area contributed by atoms with E-state index < -0.39 is 42.0 Å². The second-order valence-electron chi connectivity index (χ2n) is 13.0. The fraction of sp³-hybridized carbons (Fsp3) is 0.788. The van der Waals surface area contributed by atoms with Crippen LogP contribution in [-0.2, 0) is 24.0 Å². The van der Waals surface area contributed by atoms with E-state index in [0.717, 1.165) is 44.9 Å². The van der Waals surface area contributed by atoms with Gasteiger partial charge in [-0.1, -0.05) is 38.5 Å². The predicted octanol–water partition coefficient (Wildman–Crippen LogP) is -1.17. The Morgan fingerprint density at radius 2 is 1.35 bits per heavy atom. The largest absolute Gasteiger partial charge is 0.480 e. The summed E-state index contributed by atoms with van der Waals surface area (Å²) in [6, 6.07) is -3.93. The Labute approximate surface area is 301 Å². The first-order valence-electron chi connectivity index (χ1n) is 18.3. The van der Waals surface area contributed by atoms with Crippen LogP contribution in [0.15, 0.2) is 9.98 Å². The van der Waals surface area contributed by atoms with Crippen molar-refractivity contribution in [1.29, 1.82) is 0 Å². The second kappa shape index (κ2) is 26.6. The number of carboxylic acids is 1. The summed E-state index contributed by atoms with van der Waals surface area (Å²) in [6.07, 6.45) is 12.2. The third-order valence-electron chi connectivity index (χ3n) is 8.67. The molecule has 0 spiro atoms. The summed E-state index contributed by atoms with van der Waals surface area (Å²) in [7, 11) is 0. The fourth-order valence-electron chi connectivity index (χ4n) is 5.85. The first-order valence-corrected chi connectivity index (χ1v) is 18.3. The van der Waals surface area contributed by atoms with Crippen molar-refractivity contribution in [2.24, 2.45) is 44.4 Å². The summed E-state index contributed by atoms with van der Waals surface area (Å²) < 4.78 is 0. The highest BCUT2D eigenvalue weighted by Gasteiger charge is 2.37.